The second-order valence-corrected chi connectivity index (χ2v) is 7.83. The van der Waals surface area contributed by atoms with Gasteiger partial charge in [-0.25, -0.2) is 9.89 Å². The largest absolute Gasteiger partial charge is 0.416 e. The lowest BCUT2D eigenvalue weighted by Crippen LogP contribution is -2.21. The number of carbonyl (C=O) groups excluding carboxylic acids is 1. The summed E-state index contributed by atoms with van der Waals surface area (Å²) in [6.07, 6.45) is -10.1. The van der Waals surface area contributed by atoms with Crippen LogP contribution in [-0.4, -0.2) is 26.7 Å². The summed E-state index contributed by atoms with van der Waals surface area (Å²) >= 11 is 5.92. The van der Waals surface area contributed by atoms with Crippen LogP contribution in [0.2, 0.25) is 5.02 Å². The number of carbonyl (C=O) groups is 1. The monoisotopic (exact) mass is 526 g/mol. The number of H-pyrrole nitrogens is 1. The van der Waals surface area contributed by atoms with Crippen molar-refractivity contribution in [3.63, 3.8) is 0 Å². The molecule has 0 saturated heterocycles. The Bertz CT molecular complexity index is 1360. The fourth-order valence-corrected chi connectivity index (χ4v) is 3.38. The van der Waals surface area contributed by atoms with E-state index in [1.54, 1.807) is 36.4 Å². The average Bonchev–Trinajstić information content (AvgIpc) is 3.33. The highest BCUT2D eigenvalue weighted by Crippen LogP contribution is 2.38. The number of alkyl halides is 6. The molecule has 0 aliphatic heterocycles. The van der Waals surface area contributed by atoms with Crippen LogP contribution in [0.5, 0.6) is 0 Å². The average molecular weight is 527 g/mol. The summed E-state index contributed by atoms with van der Waals surface area (Å²) in [4.78, 5) is 12.6. The third-order valence-electron chi connectivity index (χ3n) is 4.89. The maximum Gasteiger partial charge on any atom is 0.416 e. The first kappa shape index (κ1) is 25.0. The molecule has 0 saturated carbocycles. The zero-order valence-electron chi connectivity index (χ0n) is 17.7. The molecular formula is C22H13ClF6N6O. The van der Waals surface area contributed by atoms with Crippen LogP contribution in [0.15, 0.2) is 60.7 Å². The molecule has 3 aromatic carbocycles. The summed E-state index contributed by atoms with van der Waals surface area (Å²) in [6, 6.07) is 11.3. The lowest BCUT2D eigenvalue weighted by molar-refractivity contribution is -0.143. The van der Waals surface area contributed by atoms with Crippen LogP contribution in [0, 0.1) is 0 Å². The summed E-state index contributed by atoms with van der Waals surface area (Å²) in [5.41, 5.74) is -1.92. The molecule has 3 N–H and O–H groups in total. The van der Waals surface area contributed by atoms with Gasteiger partial charge in [-0.15, -0.1) is 5.10 Å². The normalized spacial score (nSPS) is 11.9. The van der Waals surface area contributed by atoms with Crippen molar-refractivity contribution >= 4 is 29.0 Å². The van der Waals surface area contributed by atoms with Crippen LogP contribution < -0.4 is 10.6 Å². The van der Waals surface area contributed by atoms with Gasteiger partial charge in [-0.3, -0.25) is 0 Å². The zero-order chi connectivity index (χ0) is 26.1. The van der Waals surface area contributed by atoms with Crippen LogP contribution in [0.25, 0.3) is 22.5 Å². The minimum atomic E-state index is -5.06. The quantitative estimate of drug-likeness (QED) is 0.253. The van der Waals surface area contributed by atoms with Crippen molar-refractivity contribution in [1.82, 2.24) is 20.6 Å². The first-order valence-corrected chi connectivity index (χ1v) is 10.3. The smallest absolute Gasteiger partial charge is 0.308 e. The fourth-order valence-electron chi connectivity index (χ4n) is 3.26. The van der Waals surface area contributed by atoms with Gasteiger partial charge in [-0.2, -0.15) is 26.3 Å². The van der Waals surface area contributed by atoms with Crippen LogP contribution in [-0.2, 0) is 12.4 Å². The lowest BCUT2D eigenvalue weighted by Gasteiger charge is -2.16. The predicted molar refractivity (Wildman–Crippen MR) is 119 cm³/mol. The molecule has 0 unspecified atom stereocenters. The number of anilines is 2. The molecule has 1 aromatic heterocycles. The van der Waals surface area contributed by atoms with Crippen molar-refractivity contribution in [2.24, 2.45) is 0 Å². The second kappa shape index (κ2) is 9.49. The number of rotatable bonds is 4. The van der Waals surface area contributed by atoms with Gasteiger partial charge >= 0.3 is 18.4 Å². The lowest BCUT2D eigenvalue weighted by atomic mass is 10.0. The van der Waals surface area contributed by atoms with Gasteiger partial charge in [-0.05, 0) is 64.0 Å². The Morgan fingerprint density at radius 1 is 0.806 bits per heavy atom. The number of halogens is 7. The van der Waals surface area contributed by atoms with Gasteiger partial charge in [0, 0.05) is 16.3 Å². The summed E-state index contributed by atoms with van der Waals surface area (Å²) < 4.78 is 78.6. The predicted octanol–water partition coefficient (Wildman–Crippen LogP) is 6.87. The molecule has 0 atom stereocenters. The number of nitrogens with one attached hydrogen (secondary N) is 3. The number of nitrogens with zero attached hydrogens (tertiary/aromatic N) is 3. The molecule has 4 aromatic rings. The van der Waals surface area contributed by atoms with E-state index < -0.39 is 35.2 Å². The molecule has 2 amide bonds. The molecule has 0 radical (unpaired) electrons. The van der Waals surface area contributed by atoms with E-state index in [0.29, 0.717) is 28.3 Å². The van der Waals surface area contributed by atoms with Gasteiger partial charge in [0.2, 0.25) is 0 Å². The van der Waals surface area contributed by atoms with E-state index in [1.807, 2.05) is 5.32 Å². The Balaban J connectivity index is 1.64. The molecule has 4 rings (SSSR count). The number of benzene rings is 3. The van der Waals surface area contributed by atoms with E-state index in [-0.39, 0.29) is 17.6 Å². The van der Waals surface area contributed by atoms with Crippen LogP contribution >= 0.6 is 11.6 Å². The summed E-state index contributed by atoms with van der Waals surface area (Å²) in [5, 5.41) is 18.3. The third kappa shape index (κ3) is 5.74. The zero-order valence-corrected chi connectivity index (χ0v) is 18.4. The molecular weight excluding hydrogens is 514 g/mol. The highest BCUT2D eigenvalue weighted by Gasteiger charge is 2.37. The SMILES string of the molecule is O=C(Nc1cc(C(F)(F)F)cc(C(F)(F)F)c1)Nc1ccc(-c2ccc(Cl)cc2)cc1-c1nnn[nH]1. The van der Waals surface area contributed by atoms with E-state index >= 15 is 0 Å². The molecule has 0 spiro atoms. The van der Waals surface area contributed by atoms with E-state index in [0.717, 1.165) is 5.56 Å². The topological polar surface area (TPSA) is 95.6 Å². The maximum atomic E-state index is 13.1. The summed E-state index contributed by atoms with van der Waals surface area (Å²) in [6.45, 7) is 0. The van der Waals surface area contributed by atoms with Crippen LogP contribution in [0.3, 0.4) is 0 Å². The first-order chi connectivity index (χ1) is 16.9. The van der Waals surface area contributed by atoms with Gasteiger partial charge in [-0.1, -0.05) is 29.8 Å². The number of amides is 2. The molecule has 186 valence electrons. The summed E-state index contributed by atoms with van der Waals surface area (Å²) in [5.74, 6) is 0.152. The Kier molecular flexibility index (Phi) is 6.59. The Labute approximate surface area is 203 Å². The van der Waals surface area contributed by atoms with Gasteiger partial charge in [0.25, 0.3) is 0 Å². The third-order valence-corrected chi connectivity index (χ3v) is 5.14. The highest BCUT2D eigenvalue weighted by molar-refractivity contribution is 6.30. The molecule has 7 nitrogen and oxygen atoms in total. The molecule has 0 fully saturated rings. The number of aromatic nitrogens is 4. The molecule has 0 bridgehead atoms. The van der Waals surface area contributed by atoms with Crippen molar-refractivity contribution in [1.29, 1.82) is 0 Å². The Hall–Kier alpha value is -4.13. The number of urea groups is 1. The van der Waals surface area contributed by atoms with Crippen molar-refractivity contribution in [3.05, 3.63) is 76.8 Å². The van der Waals surface area contributed by atoms with E-state index in [4.69, 9.17) is 11.6 Å². The second-order valence-electron chi connectivity index (χ2n) is 7.39. The minimum Gasteiger partial charge on any atom is -0.308 e. The minimum absolute atomic E-state index is 0.0341. The van der Waals surface area contributed by atoms with Crippen LogP contribution in [0.1, 0.15) is 11.1 Å². The Morgan fingerprint density at radius 3 is 1.97 bits per heavy atom. The molecule has 0 aliphatic carbocycles. The number of hydrogen-bond acceptors (Lipinski definition) is 4. The molecule has 14 heteroatoms. The van der Waals surface area contributed by atoms with Gasteiger partial charge < -0.3 is 10.6 Å². The van der Waals surface area contributed by atoms with Gasteiger partial charge in [0.15, 0.2) is 5.82 Å². The van der Waals surface area contributed by atoms with Gasteiger partial charge in [0.05, 0.1) is 16.8 Å². The summed E-state index contributed by atoms with van der Waals surface area (Å²) in [7, 11) is 0. The van der Waals surface area contributed by atoms with Crippen molar-refractivity contribution in [3.8, 4) is 22.5 Å². The maximum absolute atomic E-state index is 13.1. The molecule has 1 heterocycles. The Morgan fingerprint density at radius 2 is 1.42 bits per heavy atom. The number of tetrazole rings is 1. The molecule has 0 aliphatic rings. The number of hydrogen-bond donors (Lipinski definition) is 3. The first-order valence-electron chi connectivity index (χ1n) is 9.92. The van der Waals surface area contributed by atoms with Gasteiger partial charge in [0.1, 0.15) is 0 Å². The molecule has 36 heavy (non-hydrogen) atoms. The van der Waals surface area contributed by atoms with Crippen molar-refractivity contribution in [2.75, 3.05) is 10.6 Å². The standard InChI is InChI=1S/C22H13ClF6N6O/c23-15-4-1-11(2-5-15)12-3-6-18(17(7-12)19-32-34-35-33-19)31-20(36)30-16-9-13(21(24,25)26)8-14(10-16)22(27,28)29/h1-10H,(H2,30,31,36)(H,32,33,34,35). The highest BCUT2D eigenvalue weighted by atomic mass is 35.5. The van der Waals surface area contributed by atoms with E-state index in [9.17, 15) is 31.1 Å². The number of aromatic amines is 1. The fraction of sp³-hybridized carbons (Fsp3) is 0.0909. The van der Waals surface area contributed by atoms with Crippen molar-refractivity contribution in [2.45, 2.75) is 12.4 Å². The van der Waals surface area contributed by atoms with Crippen LogP contribution in [0.4, 0.5) is 42.5 Å². The van der Waals surface area contributed by atoms with E-state index in [1.165, 1.54) is 6.07 Å². The van der Waals surface area contributed by atoms with E-state index in [2.05, 4.69) is 25.9 Å². The van der Waals surface area contributed by atoms with Crippen molar-refractivity contribution < 1.29 is 31.1 Å².